The van der Waals surface area contributed by atoms with Crippen molar-refractivity contribution >= 4 is 27.3 Å². The maximum atomic E-state index is 12.5. The van der Waals surface area contributed by atoms with Gasteiger partial charge in [-0.3, -0.25) is 4.79 Å². The van der Waals surface area contributed by atoms with Crippen LogP contribution in [0.4, 0.5) is 0 Å². The molecule has 0 unspecified atom stereocenters. The maximum absolute atomic E-state index is 12.5. The van der Waals surface area contributed by atoms with E-state index in [2.05, 4.69) is 6.92 Å². The summed E-state index contributed by atoms with van der Waals surface area (Å²) in [7, 11) is -3.39. The molecule has 7 heteroatoms. The van der Waals surface area contributed by atoms with Gasteiger partial charge in [-0.25, -0.2) is 8.42 Å². The van der Waals surface area contributed by atoms with Crippen molar-refractivity contribution in [3.63, 3.8) is 0 Å². The lowest BCUT2D eigenvalue weighted by Crippen LogP contribution is -2.37. The number of amides is 1. The van der Waals surface area contributed by atoms with Gasteiger partial charge in [-0.05, 0) is 24.3 Å². The first-order valence-electron chi connectivity index (χ1n) is 7.37. The predicted octanol–water partition coefficient (Wildman–Crippen LogP) is 2.16. The average molecular weight is 330 g/mol. The second-order valence-corrected chi connectivity index (χ2v) is 8.29. The Kier molecular flexibility index (Phi) is 5.78. The molecule has 21 heavy (non-hydrogen) atoms. The van der Waals surface area contributed by atoms with Gasteiger partial charge in [-0.15, -0.1) is 11.3 Å². The first-order chi connectivity index (χ1) is 10.1. The molecule has 1 saturated heterocycles. The third-order valence-corrected chi connectivity index (χ3v) is 6.91. The smallest absolute Gasteiger partial charge is 0.252 e. The fourth-order valence-electron chi connectivity index (χ4n) is 2.41. The number of thiophene rings is 1. The van der Waals surface area contributed by atoms with E-state index in [1.54, 1.807) is 22.4 Å². The number of rotatable bonds is 5. The highest BCUT2D eigenvalue weighted by Gasteiger charge is 2.28. The normalized spacial score (nSPS) is 17.7. The Morgan fingerprint density at radius 1 is 1.29 bits per heavy atom. The monoisotopic (exact) mass is 330 g/mol. The van der Waals surface area contributed by atoms with Gasteiger partial charge in [0.1, 0.15) is 4.21 Å². The third-order valence-electron chi connectivity index (χ3n) is 3.64. The number of hydrogen-bond donors (Lipinski definition) is 0. The number of carbonyl (C=O) groups is 1. The van der Waals surface area contributed by atoms with Crippen LogP contribution in [0.5, 0.6) is 0 Å². The van der Waals surface area contributed by atoms with Crippen LogP contribution in [-0.2, 0) is 14.8 Å². The topological polar surface area (TPSA) is 57.7 Å². The molecule has 2 rings (SSSR count). The second-order valence-electron chi connectivity index (χ2n) is 5.17. The summed E-state index contributed by atoms with van der Waals surface area (Å²) in [6.07, 6.45) is 3.15. The van der Waals surface area contributed by atoms with Crippen molar-refractivity contribution in [1.82, 2.24) is 9.21 Å². The van der Waals surface area contributed by atoms with Crippen molar-refractivity contribution in [3.8, 4) is 0 Å². The van der Waals surface area contributed by atoms with E-state index >= 15 is 0 Å². The fourth-order valence-corrected chi connectivity index (χ4v) is 5.02. The summed E-state index contributed by atoms with van der Waals surface area (Å²) in [5, 5.41) is 1.77. The van der Waals surface area contributed by atoms with Gasteiger partial charge in [0.05, 0.1) is 0 Å². The molecule has 1 aliphatic rings. The molecular weight excluding hydrogens is 308 g/mol. The lowest BCUT2D eigenvalue weighted by molar-refractivity contribution is -0.131. The molecule has 0 spiro atoms. The zero-order valence-corrected chi connectivity index (χ0v) is 14.0. The molecule has 2 heterocycles. The van der Waals surface area contributed by atoms with Crippen LogP contribution in [-0.4, -0.2) is 49.7 Å². The van der Waals surface area contributed by atoms with Crippen LogP contribution in [0.15, 0.2) is 21.7 Å². The van der Waals surface area contributed by atoms with Gasteiger partial charge in [0.2, 0.25) is 5.91 Å². The van der Waals surface area contributed by atoms with Gasteiger partial charge in [-0.2, -0.15) is 4.31 Å². The molecule has 1 fully saturated rings. The van der Waals surface area contributed by atoms with Crippen molar-refractivity contribution in [2.75, 3.05) is 26.2 Å². The lowest BCUT2D eigenvalue weighted by atomic mass is 10.2. The highest BCUT2D eigenvalue weighted by molar-refractivity contribution is 7.91. The quantitative estimate of drug-likeness (QED) is 0.831. The first-order valence-corrected chi connectivity index (χ1v) is 9.69. The van der Waals surface area contributed by atoms with Gasteiger partial charge in [0, 0.05) is 32.6 Å². The number of hydrogen-bond acceptors (Lipinski definition) is 4. The van der Waals surface area contributed by atoms with E-state index in [-0.39, 0.29) is 5.91 Å². The van der Waals surface area contributed by atoms with Crippen LogP contribution < -0.4 is 0 Å². The van der Waals surface area contributed by atoms with Crippen LogP contribution in [0.2, 0.25) is 0 Å². The van der Waals surface area contributed by atoms with Crippen molar-refractivity contribution in [1.29, 1.82) is 0 Å². The largest absolute Gasteiger partial charge is 0.341 e. The molecule has 0 saturated carbocycles. The summed E-state index contributed by atoms with van der Waals surface area (Å²) in [4.78, 5) is 13.9. The van der Waals surface area contributed by atoms with Crippen molar-refractivity contribution in [2.24, 2.45) is 0 Å². The van der Waals surface area contributed by atoms with Gasteiger partial charge >= 0.3 is 0 Å². The Morgan fingerprint density at radius 2 is 2.10 bits per heavy atom. The van der Waals surface area contributed by atoms with Crippen LogP contribution in [0.1, 0.15) is 32.6 Å². The summed E-state index contributed by atoms with van der Waals surface area (Å²) in [5.74, 6) is 0.146. The van der Waals surface area contributed by atoms with Gasteiger partial charge in [0.25, 0.3) is 10.0 Å². The zero-order chi connectivity index (χ0) is 15.3. The molecule has 0 atom stereocenters. The van der Waals surface area contributed by atoms with Gasteiger partial charge < -0.3 is 4.90 Å². The number of carbonyl (C=O) groups excluding carboxylic acids is 1. The van der Waals surface area contributed by atoms with E-state index in [1.807, 2.05) is 0 Å². The summed E-state index contributed by atoms with van der Waals surface area (Å²) < 4.78 is 26.9. The van der Waals surface area contributed by atoms with E-state index in [0.717, 1.165) is 12.8 Å². The predicted molar refractivity (Wildman–Crippen MR) is 83.8 cm³/mol. The van der Waals surface area contributed by atoms with Crippen molar-refractivity contribution < 1.29 is 13.2 Å². The molecule has 0 aliphatic carbocycles. The molecule has 118 valence electrons. The Balaban J connectivity index is 1.99. The van der Waals surface area contributed by atoms with E-state index in [1.165, 1.54) is 15.6 Å². The zero-order valence-electron chi connectivity index (χ0n) is 12.3. The fraction of sp³-hybridized carbons (Fsp3) is 0.643. The molecule has 5 nitrogen and oxygen atoms in total. The molecule has 1 aromatic heterocycles. The minimum Gasteiger partial charge on any atom is -0.341 e. The number of nitrogens with zero attached hydrogens (tertiary/aromatic N) is 2. The molecule has 0 aromatic carbocycles. The molecule has 0 N–H and O–H groups in total. The summed E-state index contributed by atoms with van der Waals surface area (Å²) in [5.41, 5.74) is 0. The highest BCUT2D eigenvalue weighted by Crippen LogP contribution is 2.22. The Hall–Kier alpha value is -0.920. The Morgan fingerprint density at radius 3 is 2.76 bits per heavy atom. The highest BCUT2D eigenvalue weighted by atomic mass is 32.2. The van der Waals surface area contributed by atoms with Gasteiger partial charge in [-0.1, -0.05) is 19.4 Å². The minimum atomic E-state index is -3.39. The molecule has 1 aromatic rings. The minimum absolute atomic E-state index is 0.146. The van der Waals surface area contributed by atoms with E-state index in [0.29, 0.717) is 43.2 Å². The van der Waals surface area contributed by atoms with Crippen LogP contribution in [0.25, 0.3) is 0 Å². The third kappa shape index (κ3) is 4.05. The van der Waals surface area contributed by atoms with Crippen LogP contribution in [0.3, 0.4) is 0 Å². The summed E-state index contributed by atoms with van der Waals surface area (Å²) in [6, 6.07) is 3.38. The average Bonchev–Trinajstić information content (AvgIpc) is 2.89. The summed E-state index contributed by atoms with van der Waals surface area (Å²) in [6.45, 7) is 4.08. The lowest BCUT2D eigenvalue weighted by Gasteiger charge is -2.21. The van der Waals surface area contributed by atoms with Gasteiger partial charge in [0.15, 0.2) is 0 Å². The van der Waals surface area contributed by atoms with E-state index < -0.39 is 10.0 Å². The number of sulfonamides is 1. The van der Waals surface area contributed by atoms with Crippen LogP contribution >= 0.6 is 11.3 Å². The van der Waals surface area contributed by atoms with E-state index in [4.69, 9.17) is 0 Å². The SMILES string of the molecule is CCCCC(=O)N1CCCN(S(=O)(=O)c2cccs2)CC1. The number of unbranched alkanes of at least 4 members (excludes halogenated alkanes) is 1. The Labute approximate surface area is 130 Å². The molecule has 0 bridgehead atoms. The first kappa shape index (κ1) is 16.5. The molecule has 1 aliphatic heterocycles. The maximum Gasteiger partial charge on any atom is 0.252 e. The second kappa shape index (κ2) is 7.38. The Bertz CT molecular complexity index is 555. The molecule has 1 amide bonds. The van der Waals surface area contributed by atoms with E-state index in [9.17, 15) is 13.2 Å². The van der Waals surface area contributed by atoms with Crippen LogP contribution in [0, 0.1) is 0 Å². The molecular formula is C14H22N2O3S2. The molecule has 0 radical (unpaired) electrons. The van der Waals surface area contributed by atoms with Crippen molar-refractivity contribution in [2.45, 2.75) is 36.8 Å². The van der Waals surface area contributed by atoms with Crippen molar-refractivity contribution in [3.05, 3.63) is 17.5 Å². The summed E-state index contributed by atoms with van der Waals surface area (Å²) >= 11 is 1.24. The standard InChI is InChI=1S/C14H22N2O3S2/c1-2-3-6-13(17)15-8-5-9-16(11-10-15)21(18,19)14-7-4-12-20-14/h4,7,12H,2-3,5-6,8-11H2,1H3.